The van der Waals surface area contributed by atoms with E-state index in [-0.39, 0.29) is 11.6 Å². The summed E-state index contributed by atoms with van der Waals surface area (Å²) in [6.45, 7) is 7.65. The van der Waals surface area contributed by atoms with Gasteiger partial charge in [0.1, 0.15) is 6.04 Å². The molecule has 3 rings (SSSR count). The Morgan fingerprint density at radius 3 is 2.23 bits per heavy atom. The molecule has 1 aromatic heterocycles. The molecule has 0 saturated carbocycles. The standard InChI is InChI=1S/C22H23ClN4O2S/c1-14-5-11-17(12-6-14)27(21(29)18-13-30-26-25-18)19(20(28)24-22(2,3)4)15-7-9-16(23)10-8-15/h5-13,19H,1-4H3,(H,24,28)/t19-/m0/s1. The third-order valence-corrected chi connectivity index (χ3v) is 5.06. The molecule has 0 aliphatic carbocycles. The largest absolute Gasteiger partial charge is 0.349 e. The highest BCUT2D eigenvalue weighted by Gasteiger charge is 2.35. The molecule has 0 aliphatic heterocycles. The van der Waals surface area contributed by atoms with Crippen molar-refractivity contribution in [3.05, 3.63) is 75.8 Å². The minimum absolute atomic E-state index is 0.183. The predicted molar refractivity (Wildman–Crippen MR) is 120 cm³/mol. The van der Waals surface area contributed by atoms with Gasteiger partial charge in [0.25, 0.3) is 5.91 Å². The summed E-state index contributed by atoms with van der Waals surface area (Å²) in [6.07, 6.45) is 0. The van der Waals surface area contributed by atoms with Crippen molar-refractivity contribution in [3.8, 4) is 0 Å². The zero-order valence-electron chi connectivity index (χ0n) is 17.2. The monoisotopic (exact) mass is 442 g/mol. The highest BCUT2D eigenvalue weighted by Crippen LogP contribution is 2.31. The quantitative estimate of drug-likeness (QED) is 0.615. The molecule has 3 aromatic rings. The number of benzene rings is 2. The number of anilines is 1. The van der Waals surface area contributed by atoms with Gasteiger partial charge in [0.2, 0.25) is 5.91 Å². The SMILES string of the molecule is Cc1ccc(N(C(=O)c2csnn2)[C@H](C(=O)NC(C)(C)C)c2ccc(Cl)cc2)cc1. The summed E-state index contributed by atoms with van der Waals surface area (Å²) in [5.74, 6) is -0.710. The molecule has 0 bridgehead atoms. The van der Waals surface area contributed by atoms with Gasteiger partial charge in [0, 0.05) is 21.6 Å². The minimum Gasteiger partial charge on any atom is -0.349 e. The van der Waals surface area contributed by atoms with Crippen LogP contribution in [0.4, 0.5) is 5.69 Å². The number of rotatable bonds is 5. The molecule has 0 spiro atoms. The Balaban J connectivity index is 2.16. The second-order valence-corrected chi connectivity index (χ2v) is 9.04. The smallest absolute Gasteiger partial charge is 0.280 e. The van der Waals surface area contributed by atoms with Gasteiger partial charge in [0.15, 0.2) is 5.69 Å². The van der Waals surface area contributed by atoms with E-state index in [4.69, 9.17) is 11.6 Å². The van der Waals surface area contributed by atoms with Crippen molar-refractivity contribution in [2.75, 3.05) is 4.90 Å². The van der Waals surface area contributed by atoms with Crippen molar-refractivity contribution in [1.29, 1.82) is 0 Å². The highest BCUT2D eigenvalue weighted by atomic mass is 35.5. The lowest BCUT2D eigenvalue weighted by atomic mass is 10.0. The number of carbonyl (C=O) groups is 2. The summed E-state index contributed by atoms with van der Waals surface area (Å²) >= 11 is 7.15. The number of amides is 2. The molecule has 0 unspecified atom stereocenters. The second kappa shape index (κ2) is 8.93. The topological polar surface area (TPSA) is 75.2 Å². The Bertz CT molecular complexity index is 1010. The second-order valence-electron chi connectivity index (χ2n) is 7.99. The third kappa shape index (κ3) is 5.23. The first-order chi connectivity index (χ1) is 14.2. The number of hydrogen-bond donors (Lipinski definition) is 1. The molecule has 6 nitrogen and oxygen atoms in total. The highest BCUT2D eigenvalue weighted by molar-refractivity contribution is 7.03. The molecule has 1 heterocycles. The average molecular weight is 443 g/mol. The average Bonchev–Trinajstić information content (AvgIpc) is 3.21. The Labute approximate surface area is 185 Å². The van der Waals surface area contributed by atoms with Crippen LogP contribution in [0.3, 0.4) is 0 Å². The first-order valence-corrected chi connectivity index (χ1v) is 10.6. The number of nitrogens with zero attached hydrogens (tertiary/aromatic N) is 3. The van der Waals surface area contributed by atoms with Gasteiger partial charge in [-0.2, -0.15) is 0 Å². The van der Waals surface area contributed by atoms with E-state index in [0.717, 1.165) is 17.1 Å². The molecule has 30 heavy (non-hydrogen) atoms. The first-order valence-electron chi connectivity index (χ1n) is 9.40. The van der Waals surface area contributed by atoms with Gasteiger partial charge in [0.05, 0.1) is 0 Å². The zero-order valence-corrected chi connectivity index (χ0v) is 18.8. The van der Waals surface area contributed by atoms with Crippen LogP contribution in [0, 0.1) is 6.92 Å². The maximum Gasteiger partial charge on any atom is 0.280 e. The van der Waals surface area contributed by atoms with Gasteiger partial charge in [-0.05, 0) is 69.1 Å². The van der Waals surface area contributed by atoms with Gasteiger partial charge >= 0.3 is 0 Å². The van der Waals surface area contributed by atoms with Crippen molar-refractivity contribution in [2.45, 2.75) is 39.3 Å². The fourth-order valence-corrected chi connectivity index (χ4v) is 3.53. The molecule has 2 aromatic carbocycles. The van der Waals surface area contributed by atoms with Crippen LogP contribution in [0.5, 0.6) is 0 Å². The van der Waals surface area contributed by atoms with Gasteiger partial charge in [-0.15, -0.1) is 5.10 Å². The first kappa shape index (κ1) is 21.9. The number of halogens is 1. The van der Waals surface area contributed by atoms with Gasteiger partial charge < -0.3 is 5.32 Å². The van der Waals surface area contributed by atoms with Crippen LogP contribution < -0.4 is 10.2 Å². The van der Waals surface area contributed by atoms with E-state index in [1.807, 2.05) is 52.0 Å². The van der Waals surface area contributed by atoms with Crippen LogP contribution in [0.15, 0.2) is 53.9 Å². The van der Waals surface area contributed by atoms with E-state index in [0.29, 0.717) is 16.3 Å². The molecular weight excluding hydrogens is 420 g/mol. The lowest BCUT2D eigenvalue weighted by Crippen LogP contribution is -2.49. The molecule has 0 fully saturated rings. The van der Waals surface area contributed by atoms with Crippen LogP contribution in [0.1, 0.15) is 48.4 Å². The lowest BCUT2D eigenvalue weighted by Gasteiger charge is -2.33. The number of hydrogen-bond acceptors (Lipinski definition) is 5. The van der Waals surface area contributed by atoms with E-state index >= 15 is 0 Å². The summed E-state index contributed by atoms with van der Waals surface area (Å²) in [4.78, 5) is 28.4. The number of aryl methyl sites for hydroxylation is 1. The van der Waals surface area contributed by atoms with Crippen LogP contribution in [0.25, 0.3) is 0 Å². The molecule has 8 heteroatoms. The third-order valence-electron chi connectivity index (χ3n) is 4.30. The molecular formula is C22H23ClN4O2S. The van der Waals surface area contributed by atoms with Crippen molar-refractivity contribution in [3.63, 3.8) is 0 Å². The van der Waals surface area contributed by atoms with Gasteiger partial charge in [-0.3, -0.25) is 14.5 Å². The van der Waals surface area contributed by atoms with E-state index < -0.39 is 17.5 Å². The van der Waals surface area contributed by atoms with Gasteiger partial charge in [-0.25, -0.2) is 0 Å². The van der Waals surface area contributed by atoms with Crippen molar-refractivity contribution >= 4 is 40.6 Å². The molecule has 0 aliphatic rings. The predicted octanol–water partition coefficient (Wildman–Crippen LogP) is 4.80. The fraction of sp³-hybridized carbons (Fsp3) is 0.273. The van der Waals surface area contributed by atoms with Crippen molar-refractivity contribution < 1.29 is 9.59 Å². The van der Waals surface area contributed by atoms with Crippen LogP contribution in [0.2, 0.25) is 5.02 Å². The van der Waals surface area contributed by atoms with Gasteiger partial charge in [-0.1, -0.05) is 45.9 Å². The Kier molecular flexibility index (Phi) is 6.53. The van der Waals surface area contributed by atoms with Crippen molar-refractivity contribution in [1.82, 2.24) is 14.9 Å². The molecule has 0 saturated heterocycles. The van der Waals surface area contributed by atoms with Crippen LogP contribution in [-0.4, -0.2) is 26.9 Å². The number of aromatic nitrogens is 2. The summed E-state index contributed by atoms with van der Waals surface area (Å²) in [5.41, 5.74) is 1.97. The maximum absolute atomic E-state index is 13.5. The fourth-order valence-electron chi connectivity index (χ4n) is 2.97. The molecule has 1 N–H and O–H groups in total. The Morgan fingerprint density at radius 1 is 1.07 bits per heavy atom. The molecule has 0 radical (unpaired) electrons. The minimum atomic E-state index is -0.918. The van der Waals surface area contributed by atoms with Crippen LogP contribution >= 0.6 is 23.1 Å². The molecule has 156 valence electrons. The molecule has 2 amide bonds. The summed E-state index contributed by atoms with van der Waals surface area (Å²) in [5, 5.41) is 9.04. The summed E-state index contributed by atoms with van der Waals surface area (Å²) in [6, 6.07) is 13.4. The normalized spacial score (nSPS) is 12.3. The van der Waals surface area contributed by atoms with Crippen LogP contribution in [-0.2, 0) is 4.79 Å². The van der Waals surface area contributed by atoms with Crippen molar-refractivity contribution in [2.24, 2.45) is 0 Å². The van der Waals surface area contributed by atoms with E-state index in [1.165, 1.54) is 4.90 Å². The van der Waals surface area contributed by atoms with E-state index in [9.17, 15) is 9.59 Å². The van der Waals surface area contributed by atoms with E-state index in [1.54, 1.807) is 29.6 Å². The summed E-state index contributed by atoms with van der Waals surface area (Å²) in [7, 11) is 0. The lowest BCUT2D eigenvalue weighted by molar-refractivity contribution is -0.123. The zero-order chi connectivity index (χ0) is 21.9. The van der Waals surface area contributed by atoms with E-state index in [2.05, 4.69) is 14.9 Å². The molecule has 1 atom stereocenters. The summed E-state index contributed by atoms with van der Waals surface area (Å²) < 4.78 is 3.81. The number of carbonyl (C=O) groups excluding carboxylic acids is 2. The Hall–Kier alpha value is -2.77. The Morgan fingerprint density at radius 2 is 1.70 bits per heavy atom. The number of nitrogens with one attached hydrogen (secondary N) is 1. The maximum atomic E-state index is 13.5.